The Morgan fingerprint density at radius 3 is 2.34 bits per heavy atom. The van der Waals surface area contributed by atoms with Crippen LogP contribution in [0.4, 0.5) is 11.4 Å². The first-order valence-electron chi connectivity index (χ1n) is 11.9. The van der Waals surface area contributed by atoms with Gasteiger partial charge in [0.15, 0.2) is 0 Å². The minimum absolute atomic E-state index is 0.0846. The van der Waals surface area contributed by atoms with E-state index in [4.69, 9.17) is 0 Å². The van der Waals surface area contributed by atoms with Crippen LogP contribution < -0.4 is 16.0 Å². The second-order valence-electron chi connectivity index (χ2n) is 8.53. The molecular weight excluding hydrogens is 514 g/mol. The first kappa shape index (κ1) is 26.9. The molecule has 0 unspecified atom stereocenters. The van der Waals surface area contributed by atoms with Gasteiger partial charge in [-0.1, -0.05) is 36.4 Å². The van der Waals surface area contributed by atoms with E-state index in [0.29, 0.717) is 11.3 Å². The second-order valence-corrected chi connectivity index (χ2v) is 10.6. The molecule has 38 heavy (non-hydrogen) atoms. The van der Waals surface area contributed by atoms with Crippen LogP contribution >= 0.6 is 23.1 Å². The summed E-state index contributed by atoms with van der Waals surface area (Å²) in [5.41, 5.74) is 4.10. The molecule has 3 amide bonds. The van der Waals surface area contributed by atoms with Gasteiger partial charge < -0.3 is 16.0 Å². The lowest BCUT2D eigenvalue weighted by Crippen LogP contribution is -2.30. The monoisotopic (exact) mass is 541 g/mol. The van der Waals surface area contributed by atoms with Crippen LogP contribution in [0, 0.1) is 13.8 Å². The molecule has 0 fully saturated rings. The zero-order chi connectivity index (χ0) is 26.9. The Balaban J connectivity index is 1.37. The number of thioether (sulfide) groups is 1. The van der Waals surface area contributed by atoms with Crippen LogP contribution in [-0.2, 0) is 9.59 Å². The summed E-state index contributed by atoms with van der Waals surface area (Å²) < 4.78 is 0. The normalized spacial score (nSPS) is 11.1. The molecular formula is C30H27N3O3S2. The van der Waals surface area contributed by atoms with Crippen LogP contribution in [0.3, 0.4) is 0 Å². The van der Waals surface area contributed by atoms with Crippen molar-refractivity contribution in [2.75, 3.05) is 16.4 Å². The van der Waals surface area contributed by atoms with Crippen molar-refractivity contribution < 1.29 is 14.4 Å². The molecule has 0 saturated carbocycles. The van der Waals surface area contributed by atoms with Gasteiger partial charge in [-0.15, -0.1) is 23.1 Å². The molecule has 3 aromatic carbocycles. The van der Waals surface area contributed by atoms with E-state index >= 15 is 0 Å². The van der Waals surface area contributed by atoms with Crippen LogP contribution in [0.15, 0.2) is 101 Å². The van der Waals surface area contributed by atoms with Gasteiger partial charge in [0.25, 0.3) is 11.8 Å². The fourth-order valence-electron chi connectivity index (χ4n) is 3.50. The Morgan fingerprint density at radius 1 is 0.868 bits per heavy atom. The van der Waals surface area contributed by atoms with Gasteiger partial charge in [0.05, 0.1) is 5.75 Å². The van der Waals surface area contributed by atoms with Gasteiger partial charge in [0, 0.05) is 26.7 Å². The number of nitrogens with one attached hydrogen (secondary N) is 3. The third-order valence-corrected chi connectivity index (χ3v) is 7.34. The van der Waals surface area contributed by atoms with Crippen LogP contribution in [0.5, 0.6) is 0 Å². The molecule has 6 nitrogen and oxygen atoms in total. The molecule has 0 spiro atoms. The van der Waals surface area contributed by atoms with E-state index in [1.165, 1.54) is 23.1 Å². The second kappa shape index (κ2) is 12.9. The number of carbonyl (C=O) groups is 3. The quantitative estimate of drug-likeness (QED) is 0.167. The molecule has 0 atom stereocenters. The lowest BCUT2D eigenvalue weighted by atomic mass is 10.1. The first-order chi connectivity index (χ1) is 18.4. The summed E-state index contributed by atoms with van der Waals surface area (Å²) in [5.74, 6) is -0.623. The van der Waals surface area contributed by atoms with Crippen LogP contribution in [0.2, 0.25) is 0 Å². The zero-order valence-electron chi connectivity index (χ0n) is 21.0. The highest BCUT2D eigenvalue weighted by molar-refractivity contribution is 8.00. The molecule has 0 saturated heterocycles. The Morgan fingerprint density at radius 2 is 1.63 bits per heavy atom. The maximum absolute atomic E-state index is 13.1. The highest BCUT2D eigenvalue weighted by Gasteiger charge is 2.15. The zero-order valence-corrected chi connectivity index (χ0v) is 22.6. The van der Waals surface area contributed by atoms with Crippen molar-refractivity contribution >= 4 is 58.3 Å². The largest absolute Gasteiger partial charge is 0.325 e. The fraction of sp³-hybridized carbons (Fsp3) is 0.100. The SMILES string of the molecule is Cc1ccc(C)c(NC(=O)CSc2ccc(NC(=O)/C(=C/c3cccs3)NC(=O)c3ccccc3)cc2)c1. The number of hydrogen-bond donors (Lipinski definition) is 3. The summed E-state index contributed by atoms with van der Waals surface area (Å²) in [6, 6.07) is 25.7. The minimum Gasteiger partial charge on any atom is -0.325 e. The van der Waals surface area contributed by atoms with E-state index in [2.05, 4.69) is 16.0 Å². The molecule has 4 rings (SSSR count). The number of rotatable bonds is 9. The summed E-state index contributed by atoms with van der Waals surface area (Å²) in [7, 11) is 0. The highest BCUT2D eigenvalue weighted by Crippen LogP contribution is 2.22. The summed E-state index contributed by atoms with van der Waals surface area (Å²) in [6.07, 6.45) is 1.65. The average molecular weight is 542 g/mol. The number of anilines is 2. The molecule has 0 radical (unpaired) electrons. The summed E-state index contributed by atoms with van der Waals surface area (Å²) in [6.45, 7) is 3.95. The number of aryl methyl sites for hydroxylation is 2. The van der Waals surface area contributed by atoms with Crippen molar-refractivity contribution in [3.05, 3.63) is 118 Å². The van der Waals surface area contributed by atoms with E-state index in [1.54, 1.807) is 42.5 Å². The van der Waals surface area contributed by atoms with Crippen molar-refractivity contribution in [1.82, 2.24) is 5.32 Å². The van der Waals surface area contributed by atoms with Gasteiger partial charge in [-0.2, -0.15) is 0 Å². The van der Waals surface area contributed by atoms with E-state index < -0.39 is 5.91 Å². The third-order valence-electron chi connectivity index (χ3n) is 5.51. The maximum Gasteiger partial charge on any atom is 0.272 e. The van der Waals surface area contributed by atoms with E-state index in [1.807, 2.05) is 67.8 Å². The molecule has 1 aromatic heterocycles. The van der Waals surface area contributed by atoms with Crippen LogP contribution in [0.25, 0.3) is 6.08 Å². The Hall–Kier alpha value is -4.14. The lowest BCUT2D eigenvalue weighted by molar-refractivity contribution is -0.114. The maximum atomic E-state index is 13.1. The van der Waals surface area contributed by atoms with Crippen LogP contribution in [0.1, 0.15) is 26.4 Å². The predicted octanol–water partition coefficient (Wildman–Crippen LogP) is 6.51. The Bertz CT molecular complexity index is 1450. The van der Waals surface area contributed by atoms with Gasteiger partial charge in [-0.25, -0.2) is 0 Å². The van der Waals surface area contributed by atoms with Gasteiger partial charge in [0.2, 0.25) is 5.91 Å². The van der Waals surface area contributed by atoms with Gasteiger partial charge in [0.1, 0.15) is 5.70 Å². The fourth-order valence-corrected chi connectivity index (χ4v) is 4.85. The molecule has 0 aliphatic rings. The molecule has 8 heteroatoms. The van der Waals surface area contributed by atoms with Crippen LogP contribution in [-0.4, -0.2) is 23.5 Å². The number of carbonyl (C=O) groups excluding carboxylic acids is 3. The first-order valence-corrected chi connectivity index (χ1v) is 13.8. The van der Waals surface area contributed by atoms with Crippen molar-refractivity contribution in [2.45, 2.75) is 18.7 Å². The summed E-state index contributed by atoms with van der Waals surface area (Å²) >= 11 is 2.87. The summed E-state index contributed by atoms with van der Waals surface area (Å²) in [4.78, 5) is 39.9. The molecule has 192 valence electrons. The molecule has 4 aromatic rings. The average Bonchev–Trinajstić information content (AvgIpc) is 3.43. The van der Waals surface area contributed by atoms with Gasteiger partial charge >= 0.3 is 0 Å². The van der Waals surface area contributed by atoms with Crippen molar-refractivity contribution in [1.29, 1.82) is 0 Å². The van der Waals surface area contributed by atoms with Crippen molar-refractivity contribution in [3.63, 3.8) is 0 Å². The van der Waals surface area contributed by atoms with Gasteiger partial charge in [-0.3, -0.25) is 14.4 Å². The minimum atomic E-state index is -0.434. The Labute approximate surface area is 230 Å². The number of thiophene rings is 1. The smallest absolute Gasteiger partial charge is 0.272 e. The molecule has 0 aliphatic heterocycles. The lowest BCUT2D eigenvalue weighted by Gasteiger charge is -2.12. The number of hydrogen-bond acceptors (Lipinski definition) is 5. The van der Waals surface area contributed by atoms with E-state index in [0.717, 1.165) is 26.6 Å². The van der Waals surface area contributed by atoms with E-state index in [-0.39, 0.29) is 23.3 Å². The summed E-state index contributed by atoms with van der Waals surface area (Å²) in [5, 5.41) is 10.4. The van der Waals surface area contributed by atoms with E-state index in [9.17, 15) is 14.4 Å². The van der Waals surface area contributed by atoms with Gasteiger partial charge in [-0.05, 0) is 85.0 Å². The highest BCUT2D eigenvalue weighted by atomic mass is 32.2. The van der Waals surface area contributed by atoms with Crippen molar-refractivity contribution in [2.24, 2.45) is 0 Å². The van der Waals surface area contributed by atoms with Crippen molar-refractivity contribution in [3.8, 4) is 0 Å². The Kier molecular flexibility index (Phi) is 9.13. The standard InChI is InChI=1S/C30H27N3O3S2/c1-20-10-11-21(2)26(17-20)32-28(34)19-38-24-14-12-23(13-15-24)31-30(36)27(18-25-9-6-16-37-25)33-29(35)22-7-4-3-5-8-22/h3-18H,19H2,1-2H3,(H,31,36)(H,32,34)(H,33,35)/b27-18-. The molecule has 0 bridgehead atoms. The molecule has 1 heterocycles. The number of amides is 3. The predicted molar refractivity (Wildman–Crippen MR) is 157 cm³/mol. The molecule has 3 N–H and O–H groups in total. The number of benzene rings is 3. The third kappa shape index (κ3) is 7.68. The molecule has 0 aliphatic carbocycles. The topological polar surface area (TPSA) is 87.3 Å².